The normalized spacial score (nSPS) is 15.3. The molecule has 6 heteroatoms. The van der Waals surface area contributed by atoms with E-state index in [1.807, 2.05) is 12.1 Å². The van der Waals surface area contributed by atoms with Crippen molar-refractivity contribution in [2.45, 2.75) is 56.4 Å². The summed E-state index contributed by atoms with van der Waals surface area (Å²) in [5.74, 6) is 0. The van der Waals surface area contributed by atoms with E-state index in [2.05, 4.69) is 11.6 Å². The van der Waals surface area contributed by atoms with Gasteiger partial charge in [-0.2, -0.15) is 0 Å². The Labute approximate surface area is 134 Å². The Morgan fingerprint density at radius 2 is 2.00 bits per heavy atom. The van der Waals surface area contributed by atoms with E-state index in [-0.39, 0.29) is 18.4 Å². The molecule has 0 heterocycles. The van der Waals surface area contributed by atoms with Crippen molar-refractivity contribution in [2.75, 3.05) is 6.54 Å². The van der Waals surface area contributed by atoms with E-state index in [0.29, 0.717) is 11.4 Å². The van der Waals surface area contributed by atoms with Crippen molar-refractivity contribution in [1.82, 2.24) is 4.72 Å². The number of nitrogens with one attached hydrogen (secondary N) is 1. The molecule has 0 aliphatic heterocycles. The molecule has 0 saturated carbocycles. The molecule has 0 bridgehead atoms. The van der Waals surface area contributed by atoms with Crippen molar-refractivity contribution < 1.29 is 8.42 Å². The number of halogens is 1. The molecule has 3 N–H and O–H groups in total. The van der Waals surface area contributed by atoms with Crippen molar-refractivity contribution in [3.05, 3.63) is 29.3 Å². The zero-order chi connectivity index (χ0) is 14.6. The van der Waals surface area contributed by atoms with Crippen LogP contribution in [0.1, 0.15) is 43.7 Å². The van der Waals surface area contributed by atoms with Crippen LogP contribution in [0.15, 0.2) is 23.1 Å². The van der Waals surface area contributed by atoms with E-state index in [9.17, 15) is 8.42 Å². The van der Waals surface area contributed by atoms with E-state index in [1.54, 1.807) is 6.07 Å². The standard InChI is InChI=1S/C15H24N2O2S.ClH/c1-2-3-7-14(11-16)17-20(18,19)15-9-8-12-5-4-6-13(12)10-15;/h8-10,14,17H,2-7,11,16H2,1H3;1H. The van der Waals surface area contributed by atoms with Gasteiger partial charge in [0.05, 0.1) is 4.90 Å². The third kappa shape index (κ3) is 4.68. The lowest BCUT2D eigenvalue weighted by molar-refractivity contribution is 0.516. The minimum Gasteiger partial charge on any atom is -0.329 e. The molecule has 0 radical (unpaired) electrons. The lowest BCUT2D eigenvalue weighted by Gasteiger charge is -2.17. The van der Waals surface area contributed by atoms with Crippen molar-refractivity contribution in [1.29, 1.82) is 0 Å². The van der Waals surface area contributed by atoms with Crippen LogP contribution in [0.5, 0.6) is 0 Å². The molecule has 1 aromatic rings. The Morgan fingerprint density at radius 3 is 2.67 bits per heavy atom. The fourth-order valence-electron chi connectivity index (χ4n) is 2.68. The number of rotatable bonds is 7. The van der Waals surface area contributed by atoms with Gasteiger partial charge in [-0.15, -0.1) is 12.4 Å². The Morgan fingerprint density at radius 1 is 1.29 bits per heavy atom. The van der Waals surface area contributed by atoms with Crippen LogP contribution in [0, 0.1) is 0 Å². The van der Waals surface area contributed by atoms with Gasteiger partial charge in [-0.25, -0.2) is 13.1 Å². The predicted octanol–water partition coefficient (Wildman–Crippen LogP) is 2.39. The number of aryl methyl sites for hydroxylation is 2. The van der Waals surface area contributed by atoms with E-state index >= 15 is 0 Å². The number of benzene rings is 1. The molecular formula is C15H25ClN2O2S. The van der Waals surface area contributed by atoms with Crippen LogP contribution >= 0.6 is 12.4 Å². The Balaban J connectivity index is 0.00000220. The highest BCUT2D eigenvalue weighted by atomic mass is 35.5. The summed E-state index contributed by atoms with van der Waals surface area (Å²) in [5, 5.41) is 0. The fraction of sp³-hybridized carbons (Fsp3) is 0.600. The van der Waals surface area contributed by atoms with Gasteiger partial charge in [0.25, 0.3) is 0 Å². The highest BCUT2D eigenvalue weighted by molar-refractivity contribution is 7.89. The zero-order valence-electron chi connectivity index (χ0n) is 12.5. The third-order valence-corrected chi connectivity index (χ3v) is 5.41. The summed E-state index contributed by atoms with van der Waals surface area (Å²) in [6.45, 7) is 2.42. The maximum atomic E-state index is 12.4. The molecule has 0 amide bonds. The topological polar surface area (TPSA) is 72.2 Å². The van der Waals surface area contributed by atoms with E-state index < -0.39 is 10.0 Å². The Hall–Kier alpha value is -0.620. The quantitative estimate of drug-likeness (QED) is 0.805. The van der Waals surface area contributed by atoms with Crippen LogP contribution in [0.3, 0.4) is 0 Å². The molecule has 1 aliphatic rings. The van der Waals surface area contributed by atoms with Crippen LogP contribution in [-0.4, -0.2) is 21.0 Å². The van der Waals surface area contributed by atoms with Crippen molar-refractivity contribution in [3.63, 3.8) is 0 Å². The monoisotopic (exact) mass is 332 g/mol. The largest absolute Gasteiger partial charge is 0.329 e. The van der Waals surface area contributed by atoms with Gasteiger partial charge in [0, 0.05) is 12.6 Å². The Kier molecular flexibility index (Phi) is 7.13. The maximum Gasteiger partial charge on any atom is 0.240 e. The second kappa shape index (κ2) is 8.13. The molecule has 120 valence electrons. The summed E-state index contributed by atoms with van der Waals surface area (Å²) < 4.78 is 27.5. The average molecular weight is 333 g/mol. The first-order valence-electron chi connectivity index (χ1n) is 7.41. The molecule has 0 saturated heterocycles. The van der Waals surface area contributed by atoms with Gasteiger partial charge >= 0.3 is 0 Å². The number of hydrogen-bond donors (Lipinski definition) is 2. The van der Waals surface area contributed by atoms with E-state index in [0.717, 1.165) is 38.5 Å². The van der Waals surface area contributed by atoms with Crippen molar-refractivity contribution >= 4 is 22.4 Å². The third-order valence-electron chi connectivity index (χ3n) is 3.89. The number of nitrogens with two attached hydrogens (primary N) is 1. The first-order valence-corrected chi connectivity index (χ1v) is 8.89. The van der Waals surface area contributed by atoms with Crippen LogP contribution in [-0.2, 0) is 22.9 Å². The lowest BCUT2D eigenvalue weighted by atomic mass is 10.1. The van der Waals surface area contributed by atoms with Crippen molar-refractivity contribution in [3.8, 4) is 0 Å². The first-order chi connectivity index (χ1) is 9.56. The molecule has 0 fully saturated rings. The van der Waals surface area contributed by atoms with Crippen LogP contribution in [0.25, 0.3) is 0 Å². The molecule has 0 spiro atoms. The number of unbranched alkanes of at least 4 members (excludes halogenated alkanes) is 1. The molecule has 1 atom stereocenters. The van der Waals surface area contributed by atoms with Gasteiger partial charge in [0.15, 0.2) is 0 Å². The van der Waals surface area contributed by atoms with Gasteiger partial charge in [-0.3, -0.25) is 0 Å². The summed E-state index contributed by atoms with van der Waals surface area (Å²) in [6, 6.07) is 5.30. The van der Waals surface area contributed by atoms with Gasteiger partial charge in [0.2, 0.25) is 10.0 Å². The molecule has 1 aliphatic carbocycles. The fourth-order valence-corrected chi connectivity index (χ4v) is 4.01. The second-order valence-corrected chi connectivity index (χ2v) is 7.19. The average Bonchev–Trinajstić information content (AvgIpc) is 2.90. The second-order valence-electron chi connectivity index (χ2n) is 5.48. The SMILES string of the molecule is CCCCC(CN)NS(=O)(=O)c1ccc2c(c1)CCC2.Cl. The maximum absolute atomic E-state index is 12.4. The molecule has 0 aromatic heterocycles. The summed E-state index contributed by atoms with van der Waals surface area (Å²) in [7, 11) is -3.45. The summed E-state index contributed by atoms with van der Waals surface area (Å²) in [6.07, 6.45) is 5.97. The molecule has 21 heavy (non-hydrogen) atoms. The summed E-state index contributed by atoms with van der Waals surface area (Å²) >= 11 is 0. The van der Waals surface area contributed by atoms with Crippen LogP contribution in [0.4, 0.5) is 0 Å². The molecule has 2 rings (SSSR count). The van der Waals surface area contributed by atoms with Gasteiger partial charge in [-0.1, -0.05) is 25.8 Å². The Bertz CT molecular complexity index is 561. The highest BCUT2D eigenvalue weighted by Crippen LogP contribution is 2.24. The molecule has 1 unspecified atom stereocenters. The van der Waals surface area contributed by atoms with Crippen LogP contribution < -0.4 is 10.5 Å². The minimum atomic E-state index is -3.45. The summed E-state index contributed by atoms with van der Waals surface area (Å²) in [5.41, 5.74) is 8.12. The van der Waals surface area contributed by atoms with Crippen LogP contribution in [0.2, 0.25) is 0 Å². The molecule has 1 aromatic carbocycles. The molecule has 4 nitrogen and oxygen atoms in total. The minimum absolute atomic E-state index is 0. The lowest BCUT2D eigenvalue weighted by Crippen LogP contribution is -2.40. The van der Waals surface area contributed by atoms with Crippen molar-refractivity contribution in [2.24, 2.45) is 5.73 Å². The van der Waals surface area contributed by atoms with E-state index in [4.69, 9.17) is 5.73 Å². The van der Waals surface area contributed by atoms with Gasteiger partial charge in [-0.05, 0) is 48.9 Å². The number of hydrogen-bond acceptors (Lipinski definition) is 3. The predicted molar refractivity (Wildman–Crippen MR) is 88.4 cm³/mol. The smallest absolute Gasteiger partial charge is 0.240 e. The number of sulfonamides is 1. The first kappa shape index (κ1) is 18.4. The highest BCUT2D eigenvalue weighted by Gasteiger charge is 2.21. The van der Waals surface area contributed by atoms with Gasteiger partial charge < -0.3 is 5.73 Å². The zero-order valence-corrected chi connectivity index (χ0v) is 14.1. The number of fused-ring (bicyclic) bond motifs is 1. The van der Waals surface area contributed by atoms with E-state index in [1.165, 1.54) is 11.1 Å². The summed E-state index contributed by atoms with van der Waals surface area (Å²) in [4.78, 5) is 0.369. The molecular weight excluding hydrogens is 308 g/mol. The van der Waals surface area contributed by atoms with Gasteiger partial charge in [0.1, 0.15) is 0 Å².